The lowest BCUT2D eigenvalue weighted by Gasteiger charge is -2.27. The van der Waals surface area contributed by atoms with Crippen LogP contribution in [0.5, 0.6) is 0 Å². The summed E-state index contributed by atoms with van der Waals surface area (Å²) >= 11 is 0. The summed E-state index contributed by atoms with van der Waals surface area (Å²) in [5.41, 5.74) is 0. The van der Waals surface area contributed by atoms with Gasteiger partial charge in [-0.15, -0.1) is 0 Å². The number of carbonyl (C=O) groups excluding carboxylic acids is 1. The second-order valence-electron chi connectivity index (χ2n) is 4.49. The van der Waals surface area contributed by atoms with Crippen molar-refractivity contribution < 1.29 is 4.79 Å². The fourth-order valence-corrected chi connectivity index (χ4v) is 2.34. The molecule has 0 aliphatic heterocycles. The van der Waals surface area contributed by atoms with Gasteiger partial charge in [0.15, 0.2) is 0 Å². The number of carbonyl (C=O) groups is 1. The van der Waals surface area contributed by atoms with E-state index in [1.807, 2.05) is 0 Å². The highest BCUT2D eigenvalue weighted by Gasteiger charge is 2.22. The third-order valence-electron chi connectivity index (χ3n) is 3.35. The molecule has 1 atom stereocenters. The van der Waals surface area contributed by atoms with E-state index in [0.717, 1.165) is 0 Å². The van der Waals surface area contributed by atoms with Crippen LogP contribution in [0.15, 0.2) is 6.33 Å². The monoisotopic (exact) mass is 222 g/mol. The number of hydrogen-bond acceptors (Lipinski definition) is 3. The van der Waals surface area contributed by atoms with Gasteiger partial charge in [0.2, 0.25) is 5.82 Å². The minimum atomic E-state index is -0.157. The number of aromatic amines is 1. The van der Waals surface area contributed by atoms with Crippen molar-refractivity contribution in [1.82, 2.24) is 20.5 Å². The average Bonchev–Trinajstić information content (AvgIpc) is 2.83. The Morgan fingerprint density at radius 3 is 2.88 bits per heavy atom. The molecule has 88 valence electrons. The molecule has 2 rings (SSSR count). The Kier molecular flexibility index (Phi) is 3.54. The summed E-state index contributed by atoms with van der Waals surface area (Å²) in [7, 11) is 0. The quantitative estimate of drug-likeness (QED) is 0.814. The summed E-state index contributed by atoms with van der Waals surface area (Å²) < 4.78 is 0. The maximum Gasteiger partial charge on any atom is 0.288 e. The number of amides is 1. The fourth-order valence-electron chi connectivity index (χ4n) is 2.34. The molecule has 1 aromatic rings. The highest BCUT2D eigenvalue weighted by atomic mass is 16.2. The molecule has 0 saturated heterocycles. The van der Waals surface area contributed by atoms with Crippen molar-refractivity contribution in [2.75, 3.05) is 0 Å². The lowest BCUT2D eigenvalue weighted by Crippen LogP contribution is -2.39. The van der Waals surface area contributed by atoms with Gasteiger partial charge in [-0.3, -0.25) is 9.89 Å². The second kappa shape index (κ2) is 5.09. The van der Waals surface area contributed by atoms with Crippen LogP contribution in [-0.2, 0) is 0 Å². The van der Waals surface area contributed by atoms with E-state index in [1.54, 1.807) is 0 Å². The van der Waals surface area contributed by atoms with E-state index >= 15 is 0 Å². The zero-order valence-corrected chi connectivity index (χ0v) is 9.57. The highest BCUT2D eigenvalue weighted by Crippen LogP contribution is 2.26. The van der Waals surface area contributed by atoms with Gasteiger partial charge in [0, 0.05) is 6.04 Å². The first kappa shape index (κ1) is 11.1. The molecule has 16 heavy (non-hydrogen) atoms. The molecule has 0 radical (unpaired) electrons. The first-order valence-corrected chi connectivity index (χ1v) is 5.93. The highest BCUT2D eigenvalue weighted by molar-refractivity contribution is 5.90. The van der Waals surface area contributed by atoms with Crippen molar-refractivity contribution in [2.24, 2.45) is 5.92 Å². The molecule has 1 unspecified atom stereocenters. The van der Waals surface area contributed by atoms with Gasteiger partial charge < -0.3 is 5.32 Å². The molecule has 1 aromatic heterocycles. The number of nitrogens with zero attached hydrogens (tertiary/aromatic N) is 2. The number of rotatable bonds is 3. The predicted molar refractivity (Wildman–Crippen MR) is 59.9 cm³/mol. The summed E-state index contributed by atoms with van der Waals surface area (Å²) in [4.78, 5) is 15.5. The summed E-state index contributed by atoms with van der Waals surface area (Å²) in [6, 6.07) is 0.220. The maximum atomic E-state index is 11.7. The third kappa shape index (κ3) is 2.59. The molecule has 5 heteroatoms. The van der Waals surface area contributed by atoms with Crippen LogP contribution in [0, 0.1) is 5.92 Å². The van der Waals surface area contributed by atoms with Crippen LogP contribution in [0.4, 0.5) is 0 Å². The Hall–Kier alpha value is -1.39. The van der Waals surface area contributed by atoms with Gasteiger partial charge in [0.05, 0.1) is 0 Å². The SMILES string of the molecule is CC(NC(=O)c1ncn[nH]1)C1CCCCC1. The van der Waals surface area contributed by atoms with Crippen LogP contribution in [0.3, 0.4) is 0 Å². The Bertz CT molecular complexity index is 330. The minimum Gasteiger partial charge on any atom is -0.347 e. The number of hydrogen-bond donors (Lipinski definition) is 2. The van der Waals surface area contributed by atoms with Gasteiger partial charge in [-0.25, -0.2) is 4.98 Å². The Morgan fingerprint density at radius 2 is 2.25 bits per heavy atom. The normalized spacial score (nSPS) is 19.3. The van der Waals surface area contributed by atoms with Crippen molar-refractivity contribution in [2.45, 2.75) is 45.1 Å². The van der Waals surface area contributed by atoms with Crippen LogP contribution < -0.4 is 5.32 Å². The molecule has 1 aliphatic rings. The lowest BCUT2D eigenvalue weighted by atomic mass is 9.84. The van der Waals surface area contributed by atoms with Gasteiger partial charge >= 0.3 is 0 Å². The summed E-state index contributed by atoms with van der Waals surface area (Å²) in [6.45, 7) is 2.07. The molecular formula is C11H18N4O. The zero-order valence-electron chi connectivity index (χ0n) is 9.57. The lowest BCUT2D eigenvalue weighted by molar-refractivity contribution is 0.0909. The third-order valence-corrected chi connectivity index (χ3v) is 3.35. The molecule has 1 saturated carbocycles. The van der Waals surface area contributed by atoms with Gasteiger partial charge in [0.25, 0.3) is 5.91 Å². The van der Waals surface area contributed by atoms with E-state index in [9.17, 15) is 4.79 Å². The van der Waals surface area contributed by atoms with E-state index in [-0.39, 0.29) is 11.9 Å². The molecule has 1 amide bonds. The fraction of sp³-hybridized carbons (Fsp3) is 0.727. The van der Waals surface area contributed by atoms with Crippen LogP contribution in [-0.4, -0.2) is 27.1 Å². The molecule has 2 N–H and O–H groups in total. The Labute approximate surface area is 95.0 Å². The van der Waals surface area contributed by atoms with Gasteiger partial charge in [-0.05, 0) is 25.7 Å². The van der Waals surface area contributed by atoms with Crippen LogP contribution in [0.25, 0.3) is 0 Å². The first-order valence-electron chi connectivity index (χ1n) is 5.93. The van der Waals surface area contributed by atoms with Crippen LogP contribution >= 0.6 is 0 Å². The Balaban J connectivity index is 1.86. The van der Waals surface area contributed by atoms with Gasteiger partial charge in [0.1, 0.15) is 6.33 Å². The number of H-pyrrole nitrogens is 1. The summed E-state index contributed by atoms with van der Waals surface area (Å²) in [5.74, 6) is 0.749. The smallest absolute Gasteiger partial charge is 0.288 e. The van der Waals surface area contributed by atoms with E-state index in [1.165, 1.54) is 38.4 Å². The molecule has 1 aliphatic carbocycles. The molecule has 1 fully saturated rings. The largest absolute Gasteiger partial charge is 0.347 e. The summed E-state index contributed by atoms with van der Waals surface area (Å²) in [6.07, 6.45) is 7.69. The zero-order chi connectivity index (χ0) is 11.4. The van der Waals surface area contributed by atoms with Gasteiger partial charge in [-0.1, -0.05) is 19.3 Å². The van der Waals surface area contributed by atoms with E-state index in [0.29, 0.717) is 11.7 Å². The maximum absolute atomic E-state index is 11.7. The molecule has 0 spiro atoms. The number of aromatic nitrogens is 3. The van der Waals surface area contributed by atoms with Crippen molar-refractivity contribution in [1.29, 1.82) is 0 Å². The molecule has 0 aromatic carbocycles. The van der Waals surface area contributed by atoms with E-state index in [4.69, 9.17) is 0 Å². The summed E-state index contributed by atoms with van der Waals surface area (Å²) in [5, 5.41) is 9.22. The molecular weight excluding hydrogens is 204 g/mol. The average molecular weight is 222 g/mol. The van der Waals surface area contributed by atoms with Crippen LogP contribution in [0.1, 0.15) is 49.6 Å². The van der Waals surface area contributed by atoms with E-state index in [2.05, 4.69) is 27.4 Å². The van der Waals surface area contributed by atoms with Crippen molar-refractivity contribution in [3.8, 4) is 0 Å². The molecule has 0 bridgehead atoms. The standard InChI is InChI=1S/C11H18N4O/c1-8(9-5-3-2-4-6-9)14-11(16)10-12-7-13-15-10/h7-9H,2-6H2,1H3,(H,14,16)(H,12,13,15). The van der Waals surface area contributed by atoms with E-state index < -0.39 is 0 Å². The van der Waals surface area contributed by atoms with Crippen molar-refractivity contribution >= 4 is 5.91 Å². The first-order chi connectivity index (χ1) is 7.77. The van der Waals surface area contributed by atoms with Crippen molar-refractivity contribution in [3.63, 3.8) is 0 Å². The van der Waals surface area contributed by atoms with Crippen molar-refractivity contribution in [3.05, 3.63) is 12.2 Å². The van der Waals surface area contributed by atoms with Crippen LogP contribution in [0.2, 0.25) is 0 Å². The molecule has 5 nitrogen and oxygen atoms in total. The van der Waals surface area contributed by atoms with Gasteiger partial charge in [-0.2, -0.15) is 5.10 Å². The topological polar surface area (TPSA) is 70.7 Å². The number of nitrogens with one attached hydrogen (secondary N) is 2. The second-order valence-corrected chi connectivity index (χ2v) is 4.49. The molecule has 1 heterocycles. The Morgan fingerprint density at radius 1 is 1.50 bits per heavy atom. The predicted octanol–water partition coefficient (Wildman–Crippen LogP) is 1.50. The minimum absolute atomic E-state index is 0.157.